The smallest absolute Gasteiger partial charge is 0.315 e. The lowest BCUT2D eigenvalue weighted by atomic mass is 9.97. The van der Waals surface area contributed by atoms with Gasteiger partial charge in [-0.1, -0.05) is 36.8 Å². The molecule has 4 N–H and O–H groups in total. The van der Waals surface area contributed by atoms with Crippen LogP contribution in [0.1, 0.15) is 31.2 Å². The van der Waals surface area contributed by atoms with Crippen LogP contribution in [0.5, 0.6) is 0 Å². The van der Waals surface area contributed by atoms with E-state index in [9.17, 15) is 14.4 Å². The molecule has 5 atom stereocenters. The highest BCUT2D eigenvalue weighted by atomic mass is 35.5. The first-order valence-electron chi connectivity index (χ1n) is 9.64. The Kier molecular flexibility index (Phi) is 7.37. The van der Waals surface area contributed by atoms with Crippen LogP contribution in [0, 0.1) is 0 Å². The van der Waals surface area contributed by atoms with Crippen LogP contribution in [0.3, 0.4) is 0 Å². The molecule has 2 amide bonds. The molecule has 0 spiro atoms. The number of alkyl halides is 1. The number of nitrogens with two attached hydrogens (primary N) is 1. The Balaban J connectivity index is 1.37. The number of amides is 2. The van der Waals surface area contributed by atoms with E-state index >= 15 is 0 Å². The summed E-state index contributed by atoms with van der Waals surface area (Å²) in [5.41, 5.74) is 6.90. The normalized spacial score (nSPS) is 25.5. The molecule has 0 aliphatic carbocycles. The zero-order valence-corrected chi connectivity index (χ0v) is 17.2. The van der Waals surface area contributed by atoms with E-state index in [1.54, 1.807) is 0 Å². The van der Waals surface area contributed by atoms with Crippen molar-refractivity contribution in [3.05, 3.63) is 35.9 Å². The van der Waals surface area contributed by atoms with Gasteiger partial charge >= 0.3 is 6.03 Å². The molecule has 6 nitrogen and oxygen atoms in total. The Morgan fingerprint density at radius 3 is 2.71 bits per heavy atom. The predicted molar refractivity (Wildman–Crippen MR) is 112 cm³/mol. The van der Waals surface area contributed by atoms with Crippen LogP contribution in [0.15, 0.2) is 30.3 Å². The van der Waals surface area contributed by atoms with Gasteiger partial charge in [0.15, 0.2) is 16.9 Å². The molecule has 0 radical (unpaired) electrons. The quantitative estimate of drug-likeness (QED) is 0.231. The maximum Gasteiger partial charge on any atom is 0.315 e. The van der Waals surface area contributed by atoms with Crippen molar-refractivity contribution in [1.82, 2.24) is 10.6 Å². The van der Waals surface area contributed by atoms with Gasteiger partial charge in [0, 0.05) is 17.4 Å². The van der Waals surface area contributed by atoms with E-state index in [-0.39, 0.29) is 30.3 Å². The van der Waals surface area contributed by atoms with Gasteiger partial charge < -0.3 is 16.4 Å². The zero-order chi connectivity index (χ0) is 20.1. The number of hydrogen-bond acceptors (Lipinski definition) is 5. The Bertz CT molecular complexity index is 718. The fraction of sp³-hybridized carbons (Fsp3) is 0.550. The van der Waals surface area contributed by atoms with Crippen molar-refractivity contribution < 1.29 is 14.4 Å². The number of rotatable bonds is 10. The molecule has 2 heterocycles. The van der Waals surface area contributed by atoms with E-state index in [0.29, 0.717) is 18.1 Å². The first-order chi connectivity index (χ1) is 13.5. The Morgan fingerprint density at radius 1 is 1.21 bits per heavy atom. The van der Waals surface area contributed by atoms with Gasteiger partial charge in [-0.25, -0.2) is 4.79 Å². The molecule has 1 aromatic carbocycles. The lowest BCUT2D eigenvalue weighted by Crippen LogP contribution is -2.41. The number of ketones is 2. The average Bonchev–Trinajstić information content (AvgIpc) is 3.24. The summed E-state index contributed by atoms with van der Waals surface area (Å²) in [6.45, 7) is 0. The second-order valence-corrected chi connectivity index (χ2v) is 9.10. The second-order valence-electron chi connectivity index (χ2n) is 7.40. The van der Waals surface area contributed by atoms with Gasteiger partial charge in [-0.3, -0.25) is 9.59 Å². The van der Waals surface area contributed by atoms with Crippen LogP contribution < -0.4 is 16.4 Å². The lowest BCUT2D eigenvalue weighted by Gasteiger charge is -2.17. The number of benzene rings is 1. The summed E-state index contributed by atoms with van der Waals surface area (Å²) >= 11 is 7.95. The number of hydrogen-bond donors (Lipinski definition) is 3. The molecular formula is C20H26ClN3O3S. The number of halogens is 1. The molecule has 1 unspecified atom stereocenters. The molecule has 0 aromatic heterocycles. The fourth-order valence-electron chi connectivity index (χ4n) is 3.73. The van der Waals surface area contributed by atoms with Gasteiger partial charge in [-0.05, 0) is 24.8 Å². The lowest BCUT2D eigenvalue weighted by molar-refractivity contribution is -0.127. The topological polar surface area (TPSA) is 101 Å². The number of Topliss-reactive ketones (excluding diaryl/α,β-unsaturated/α-hetero) is 2. The monoisotopic (exact) mass is 423 g/mol. The first kappa shape index (κ1) is 21.1. The summed E-state index contributed by atoms with van der Waals surface area (Å²) in [5, 5.41) is 5.07. The van der Waals surface area contributed by atoms with Crippen LogP contribution in [0.2, 0.25) is 0 Å². The van der Waals surface area contributed by atoms with Crippen molar-refractivity contribution in [3.8, 4) is 0 Å². The van der Waals surface area contributed by atoms with E-state index in [1.165, 1.54) is 0 Å². The van der Waals surface area contributed by atoms with Gasteiger partial charge in [0.2, 0.25) is 0 Å². The summed E-state index contributed by atoms with van der Waals surface area (Å²) in [7, 11) is 0. The average molecular weight is 424 g/mol. The van der Waals surface area contributed by atoms with Crippen LogP contribution in [0.25, 0.3) is 0 Å². The highest BCUT2D eigenvalue weighted by Crippen LogP contribution is 2.33. The molecule has 2 fully saturated rings. The molecule has 2 aliphatic heterocycles. The minimum atomic E-state index is -1.18. The zero-order valence-electron chi connectivity index (χ0n) is 15.6. The number of nitrogens with one attached hydrogen (secondary N) is 2. The van der Waals surface area contributed by atoms with Crippen molar-refractivity contribution in [2.75, 3.05) is 5.75 Å². The number of thioether (sulfide) groups is 1. The number of carbonyl (C=O) groups is 3. The fourth-order valence-corrected chi connectivity index (χ4v) is 5.54. The van der Waals surface area contributed by atoms with E-state index in [4.69, 9.17) is 17.3 Å². The predicted octanol–water partition coefficient (Wildman–Crippen LogP) is 2.03. The molecule has 1 aromatic rings. The molecule has 2 aliphatic rings. The SMILES string of the molecule is N[C@@H](Cc1ccccc1)C(=O)C(Cl)C(=O)CCCC[C@@H]1SC[C@@H]2NC(=O)N[C@@H]21. The highest BCUT2D eigenvalue weighted by molar-refractivity contribution is 8.00. The molecule has 0 bridgehead atoms. The number of fused-ring (bicyclic) bond motifs is 1. The van der Waals surface area contributed by atoms with Crippen molar-refractivity contribution in [2.24, 2.45) is 5.73 Å². The van der Waals surface area contributed by atoms with E-state index in [1.807, 2.05) is 42.1 Å². The largest absolute Gasteiger partial charge is 0.332 e. The third-order valence-electron chi connectivity index (χ3n) is 5.30. The maximum absolute atomic E-state index is 12.4. The molecule has 0 saturated carbocycles. The van der Waals surface area contributed by atoms with E-state index < -0.39 is 17.2 Å². The summed E-state index contributed by atoms with van der Waals surface area (Å²) < 4.78 is 0. The summed E-state index contributed by atoms with van der Waals surface area (Å²) in [4.78, 5) is 36.0. The van der Waals surface area contributed by atoms with Crippen molar-refractivity contribution in [1.29, 1.82) is 0 Å². The Labute approximate surface area is 174 Å². The number of unbranched alkanes of at least 4 members (excludes halogenated alkanes) is 1. The van der Waals surface area contributed by atoms with Crippen LogP contribution in [-0.2, 0) is 16.0 Å². The van der Waals surface area contributed by atoms with Gasteiger partial charge in [0.25, 0.3) is 0 Å². The Morgan fingerprint density at radius 2 is 1.96 bits per heavy atom. The van der Waals surface area contributed by atoms with Gasteiger partial charge in [0.05, 0.1) is 18.1 Å². The summed E-state index contributed by atoms with van der Waals surface area (Å²) in [6, 6.07) is 8.96. The molecule has 8 heteroatoms. The van der Waals surface area contributed by atoms with Gasteiger partial charge in [-0.2, -0.15) is 11.8 Å². The Hall–Kier alpha value is -1.57. The maximum atomic E-state index is 12.4. The summed E-state index contributed by atoms with van der Waals surface area (Å²) in [5.74, 6) is 0.248. The van der Waals surface area contributed by atoms with E-state index in [2.05, 4.69) is 10.6 Å². The van der Waals surface area contributed by atoms with Crippen LogP contribution in [-0.4, -0.2) is 52.1 Å². The van der Waals surface area contributed by atoms with Crippen molar-refractivity contribution >= 4 is 41.0 Å². The van der Waals surface area contributed by atoms with Crippen LogP contribution in [0.4, 0.5) is 4.79 Å². The third kappa shape index (κ3) is 5.27. The molecule has 152 valence electrons. The summed E-state index contributed by atoms with van der Waals surface area (Å²) in [6.07, 6.45) is 3.11. The molecule has 3 rings (SSSR count). The minimum absolute atomic E-state index is 0.0918. The van der Waals surface area contributed by atoms with Gasteiger partial charge in [0.1, 0.15) is 0 Å². The molecule has 28 heavy (non-hydrogen) atoms. The second kappa shape index (κ2) is 9.76. The van der Waals surface area contributed by atoms with Crippen LogP contribution >= 0.6 is 23.4 Å². The first-order valence-corrected chi connectivity index (χ1v) is 11.1. The minimum Gasteiger partial charge on any atom is -0.332 e. The third-order valence-corrected chi connectivity index (χ3v) is 7.26. The standard InChI is InChI=1S/C20H26ClN3O3S/c21-17(19(26)13(22)10-12-6-2-1-3-7-12)15(25)8-4-5-9-16-18-14(11-28-16)23-20(27)24-18/h1-3,6-7,13-14,16-18H,4-5,8-11,22H2,(H2,23,24,27)/t13-,14-,16-,17?,18-/m0/s1. The van der Waals surface area contributed by atoms with Crippen molar-refractivity contribution in [3.63, 3.8) is 0 Å². The number of urea groups is 1. The van der Waals surface area contributed by atoms with E-state index in [0.717, 1.165) is 24.2 Å². The number of carbonyl (C=O) groups excluding carboxylic acids is 3. The van der Waals surface area contributed by atoms with Gasteiger partial charge in [-0.15, -0.1) is 11.6 Å². The van der Waals surface area contributed by atoms with Crippen molar-refractivity contribution in [2.45, 2.75) is 60.9 Å². The molecule has 2 saturated heterocycles. The highest BCUT2D eigenvalue weighted by Gasteiger charge is 2.42. The molecular weight excluding hydrogens is 398 g/mol.